The molecule has 0 radical (unpaired) electrons. The van der Waals surface area contributed by atoms with Crippen molar-refractivity contribution in [2.24, 2.45) is 0 Å². The maximum Gasteiger partial charge on any atom is 0.238 e. The molecular formula is C20H17F3N2O. The van der Waals surface area contributed by atoms with Crippen LogP contribution < -0.4 is 10.6 Å². The fourth-order valence-corrected chi connectivity index (χ4v) is 2.80. The van der Waals surface area contributed by atoms with Crippen LogP contribution in [0.5, 0.6) is 0 Å². The van der Waals surface area contributed by atoms with Gasteiger partial charge in [0.1, 0.15) is 0 Å². The van der Waals surface area contributed by atoms with Gasteiger partial charge < -0.3 is 10.6 Å². The van der Waals surface area contributed by atoms with Crippen molar-refractivity contribution in [3.63, 3.8) is 0 Å². The number of hydrogen-bond acceptors (Lipinski definition) is 2. The molecule has 0 saturated carbocycles. The summed E-state index contributed by atoms with van der Waals surface area (Å²) in [5.41, 5.74) is 0.628. The van der Waals surface area contributed by atoms with E-state index in [1.165, 1.54) is 0 Å². The minimum absolute atomic E-state index is 0.108. The van der Waals surface area contributed by atoms with Crippen LogP contribution in [0.2, 0.25) is 0 Å². The largest absolute Gasteiger partial charge is 0.322 e. The smallest absolute Gasteiger partial charge is 0.238 e. The zero-order chi connectivity index (χ0) is 18.7. The summed E-state index contributed by atoms with van der Waals surface area (Å²) in [7, 11) is 0. The lowest BCUT2D eigenvalue weighted by atomic mass is 10.00. The summed E-state index contributed by atoms with van der Waals surface area (Å²) in [6.45, 7) is 1.80. The van der Waals surface area contributed by atoms with Crippen LogP contribution in [0.15, 0.2) is 54.6 Å². The predicted molar refractivity (Wildman–Crippen MR) is 95.3 cm³/mol. The van der Waals surface area contributed by atoms with Crippen molar-refractivity contribution < 1.29 is 18.0 Å². The molecule has 0 bridgehead atoms. The molecule has 3 nitrogen and oxygen atoms in total. The first-order valence-corrected chi connectivity index (χ1v) is 8.11. The van der Waals surface area contributed by atoms with Crippen LogP contribution in [0.25, 0.3) is 10.8 Å². The Balaban J connectivity index is 1.67. The average molecular weight is 358 g/mol. The molecule has 1 amide bonds. The number of carbonyl (C=O) groups is 1. The van der Waals surface area contributed by atoms with Crippen molar-refractivity contribution >= 4 is 22.4 Å². The molecule has 2 N–H and O–H groups in total. The number of hydrogen-bond donors (Lipinski definition) is 2. The molecule has 0 aliphatic rings. The summed E-state index contributed by atoms with van der Waals surface area (Å²) < 4.78 is 39.7. The van der Waals surface area contributed by atoms with E-state index in [9.17, 15) is 18.0 Å². The highest BCUT2D eigenvalue weighted by molar-refractivity contribution is 5.92. The normalized spacial score (nSPS) is 12.2. The first-order chi connectivity index (χ1) is 12.5. The van der Waals surface area contributed by atoms with Crippen LogP contribution in [0.1, 0.15) is 18.5 Å². The zero-order valence-electron chi connectivity index (χ0n) is 14.0. The highest BCUT2D eigenvalue weighted by Gasteiger charge is 2.16. The third-order valence-corrected chi connectivity index (χ3v) is 4.17. The second-order valence-electron chi connectivity index (χ2n) is 5.94. The summed E-state index contributed by atoms with van der Waals surface area (Å²) in [5, 5.41) is 7.45. The molecule has 3 aromatic rings. The molecule has 0 aliphatic heterocycles. The summed E-state index contributed by atoms with van der Waals surface area (Å²) in [5.74, 6) is -4.88. The molecule has 0 unspecified atom stereocenters. The number of rotatable bonds is 5. The fourth-order valence-electron chi connectivity index (χ4n) is 2.80. The van der Waals surface area contributed by atoms with Crippen LogP contribution in [-0.4, -0.2) is 12.5 Å². The summed E-state index contributed by atoms with van der Waals surface area (Å²) in [4.78, 5) is 12.0. The Morgan fingerprint density at radius 1 is 0.962 bits per heavy atom. The van der Waals surface area contributed by atoms with Crippen molar-refractivity contribution in [1.82, 2.24) is 5.32 Å². The van der Waals surface area contributed by atoms with Crippen LogP contribution in [-0.2, 0) is 4.79 Å². The number of carbonyl (C=O) groups excluding carboxylic acids is 1. The lowest BCUT2D eigenvalue weighted by molar-refractivity contribution is -0.115. The molecule has 1 atom stereocenters. The van der Waals surface area contributed by atoms with Gasteiger partial charge in [-0.25, -0.2) is 13.2 Å². The first kappa shape index (κ1) is 17.9. The standard InChI is InChI=1S/C20H17F3N2O/c1-12(14-8-4-6-13-5-2-3-7-15(13)14)24-11-18(26)25-17-10-9-16(21)19(22)20(17)23/h2-10,12,24H,11H2,1H3,(H,25,26)/t12-/m0/s1. The second-order valence-corrected chi connectivity index (χ2v) is 5.94. The number of amides is 1. The molecule has 0 fully saturated rings. The van der Waals surface area contributed by atoms with Gasteiger partial charge in [0, 0.05) is 6.04 Å². The Morgan fingerprint density at radius 2 is 1.69 bits per heavy atom. The number of fused-ring (bicyclic) bond motifs is 1. The Hall–Kier alpha value is -2.86. The van der Waals surface area contributed by atoms with E-state index in [1.807, 2.05) is 49.4 Å². The minimum Gasteiger partial charge on any atom is -0.322 e. The molecule has 26 heavy (non-hydrogen) atoms. The Morgan fingerprint density at radius 3 is 2.50 bits per heavy atom. The average Bonchev–Trinajstić information content (AvgIpc) is 2.66. The summed E-state index contributed by atoms with van der Waals surface area (Å²) >= 11 is 0. The molecule has 0 aliphatic carbocycles. The topological polar surface area (TPSA) is 41.1 Å². The Labute approximate surface area is 148 Å². The zero-order valence-corrected chi connectivity index (χ0v) is 14.0. The van der Waals surface area contributed by atoms with E-state index in [1.54, 1.807) is 0 Å². The third kappa shape index (κ3) is 3.70. The predicted octanol–water partition coefficient (Wildman–Crippen LogP) is 4.55. The molecule has 3 aromatic carbocycles. The van der Waals surface area contributed by atoms with Gasteiger partial charge in [-0.05, 0) is 35.4 Å². The lowest BCUT2D eigenvalue weighted by Crippen LogP contribution is -2.30. The van der Waals surface area contributed by atoms with Gasteiger partial charge in [-0.15, -0.1) is 0 Å². The molecule has 0 heterocycles. The minimum atomic E-state index is -1.61. The fraction of sp³-hybridized carbons (Fsp3) is 0.150. The quantitative estimate of drug-likeness (QED) is 0.657. The number of halogens is 3. The molecule has 3 rings (SSSR count). The molecule has 0 spiro atoms. The molecule has 0 aromatic heterocycles. The highest BCUT2D eigenvalue weighted by atomic mass is 19.2. The van der Waals surface area contributed by atoms with Crippen LogP contribution in [0.3, 0.4) is 0 Å². The van der Waals surface area contributed by atoms with Crippen molar-refractivity contribution in [2.45, 2.75) is 13.0 Å². The van der Waals surface area contributed by atoms with Gasteiger partial charge in [0.2, 0.25) is 5.91 Å². The van der Waals surface area contributed by atoms with E-state index < -0.39 is 29.0 Å². The van der Waals surface area contributed by atoms with Gasteiger partial charge in [-0.1, -0.05) is 42.5 Å². The molecule has 6 heteroatoms. The van der Waals surface area contributed by atoms with Crippen molar-refractivity contribution in [3.05, 3.63) is 77.6 Å². The van der Waals surface area contributed by atoms with Crippen molar-refractivity contribution in [3.8, 4) is 0 Å². The molecular weight excluding hydrogens is 341 g/mol. The van der Waals surface area contributed by atoms with Crippen LogP contribution in [0, 0.1) is 17.5 Å². The van der Waals surface area contributed by atoms with Gasteiger partial charge in [0.25, 0.3) is 0 Å². The third-order valence-electron chi connectivity index (χ3n) is 4.17. The van der Waals surface area contributed by atoms with Gasteiger partial charge in [0.15, 0.2) is 17.5 Å². The van der Waals surface area contributed by atoms with Crippen molar-refractivity contribution in [2.75, 3.05) is 11.9 Å². The Kier molecular flexibility index (Phi) is 5.23. The lowest BCUT2D eigenvalue weighted by Gasteiger charge is -2.16. The van der Waals surface area contributed by atoms with Gasteiger partial charge in [0.05, 0.1) is 12.2 Å². The van der Waals surface area contributed by atoms with Crippen molar-refractivity contribution in [1.29, 1.82) is 0 Å². The van der Waals surface area contributed by atoms with Crippen LogP contribution >= 0.6 is 0 Å². The van der Waals surface area contributed by atoms with Crippen LogP contribution in [0.4, 0.5) is 18.9 Å². The van der Waals surface area contributed by atoms with E-state index >= 15 is 0 Å². The first-order valence-electron chi connectivity index (χ1n) is 8.11. The Bertz CT molecular complexity index is 954. The van der Waals surface area contributed by atoms with E-state index in [0.29, 0.717) is 0 Å². The van der Waals surface area contributed by atoms with E-state index in [2.05, 4.69) is 10.6 Å². The maximum absolute atomic E-state index is 13.6. The van der Waals surface area contributed by atoms with Gasteiger partial charge in [-0.3, -0.25) is 4.79 Å². The summed E-state index contributed by atoms with van der Waals surface area (Å²) in [6, 6.07) is 15.4. The number of anilines is 1. The second kappa shape index (κ2) is 7.58. The molecule has 134 valence electrons. The monoisotopic (exact) mass is 358 g/mol. The molecule has 0 saturated heterocycles. The highest BCUT2D eigenvalue weighted by Crippen LogP contribution is 2.24. The van der Waals surface area contributed by atoms with E-state index in [-0.39, 0.29) is 12.6 Å². The van der Waals surface area contributed by atoms with E-state index in [4.69, 9.17) is 0 Å². The number of benzene rings is 3. The van der Waals surface area contributed by atoms with Gasteiger partial charge in [-0.2, -0.15) is 0 Å². The summed E-state index contributed by atoms with van der Waals surface area (Å²) in [6.07, 6.45) is 0. The van der Waals surface area contributed by atoms with Gasteiger partial charge >= 0.3 is 0 Å². The maximum atomic E-state index is 13.6. The number of nitrogens with one attached hydrogen (secondary N) is 2. The van der Waals surface area contributed by atoms with E-state index in [0.717, 1.165) is 28.5 Å². The SMILES string of the molecule is C[C@H](NCC(=O)Nc1ccc(F)c(F)c1F)c1cccc2ccccc12.